The van der Waals surface area contributed by atoms with Crippen LogP contribution < -0.4 is 10.1 Å². The predicted octanol–water partition coefficient (Wildman–Crippen LogP) is 4.14. The molecule has 0 heterocycles. The third-order valence-electron chi connectivity index (χ3n) is 3.79. The van der Waals surface area contributed by atoms with Gasteiger partial charge in [-0.15, -0.1) is 0 Å². The molecule has 1 rings (SSSR count). The van der Waals surface area contributed by atoms with Gasteiger partial charge in [0, 0.05) is 0 Å². The molecule has 0 unspecified atom stereocenters. The number of hydrogen-bond acceptors (Lipinski definition) is 2. The molecule has 1 aromatic rings. The van der Waals surface area contributed by atoms with Crippen LogP contribution in [0.5, 0.6) is 5.75 Å². The molecule has 0 saturated carbocycles. The first kappa shape index (κ1) is 16.0. The molecule has 1 N–H and O–H groups in total. The molecule has 2 heteroatoms. The zero-order valence-corrected chi connectivity index (χ0v) is 13.0. The Hall–Kier alpha value is -1.02. The van der Waals surface area contributed by atoms with Crippen molar-refractivity contribution in [2.75, 3.05) is 19.7 Å². The van der Waals surface area contributed by atoms with E-state index < -0.39 is 0 Å². The topological polar surface area (TPSA) is 21.3 Å². The molecule has 0 aliphatic rings. The van der Waals surface area contributed by atoms with Gasteiger partial charge in [0.2, 0.25) is 0 Å². The van der Waals surface area contributed by atoms with E-state index in [9.17, 15) is 0 Å². The molecule has 0 radical (unpaired) electrons. The van der Waals surface area contributed by atoms with Gasteiger partial charge >= 0.3 is 0 Å². The maximum atomic E-state index is 5.76. The highest BCUT2D eigenvalue weighted by Gasteiger charge is 2.17. The summed E-state index contributed by atoms with van der Waals surface area (Å²) in [6, 6.07) is 8.57. The SMILES string of the molecule is CCNCCCCOc1ccc(C(C)(C)CC)cc1. The molecule has 0 atom stereocenters. The van der Waals surface area contributed by atoms with Crippen molar-refractivity contribution in [2.45, 2.75) is 52.4 Å². The van der Waals surface area contributed by atoms with E-state index in [1.54, 1.807) is 0 Å². The number of nitrogens with one attached hydrogen (secondary N) is 1. The van der Waals surface area contributed by atoms with Gasteiger partial charge in [0.05, 0.1) is 6.61 Å². The van der Waals surface area contributed by atoms with Crippen molar-refractivity contribution in [1.29, 1.82) is 0 Å². The second kappa shape index (κ2) is 8.21. The van der Waals surface area contributed by atoms with Crippen molar-refractivity contribution >= 4 is 0 Å². The number of rotatable bonds is 9. The Labute approximate surface area is 118 Å². The van der Waals surface area contributed by atoms with Crippen molar-refractivity contribution in [3.05, 3.63) is 29.8 Å². The van der Waals surface area contributed by atoms with E-state index in [4.69, 9.17) is 4.74 Å². The molecular weight excluding hydrogens is 234 g/mol. The Bertz CT molecular complexity index is 343. The predicted molar refractivity (Wildman–Crippen MR) is 83.0 cm³/mol. The molecule has 0 fully saturated rings. The Balaban J connectivity index is 2.32. The van der Waals surface area contributed by atoms with Crippen LogP contribution in [-0.4, -0.2) is 19.7 Å². The van der Waals surface area contributed by atoms with Crippen LogP contribution in [0, 0.1) is 0 Å². The quantitative estimate of drug-likeness (QED) is 0.676. The fraction of sp³-hybridized carbons (Fsp3) is 0.647. The molecular formula is C17H29NO. The first-order valence-electron chi connectivity index (χ1n) is 7.54. The van der Waals surface area contributed by atoms with E-state index in [0.29, 0.717) is 0 Å². The van der Waals surface area contributed by atoms with Crippen LogP contribution in [0.3, 0.4) is 0 Å². The number of benzene rings is 1. The van der Waals surface area contributed by atoms with Crippen molar-refractivity contribution in [3.63, 3.8) is 0 Å². The van der Waals surface area contributed by atoms with Gasteiger partial charge in [0.1, 0.15) is 5.75 Å². The standard InChI is InChI=1S/C17H29NO/c1-5-17(3,4)15-9-11-16(12-10-15)19-14-8-7-13-18-6-2/h9-12,18H,5-8,13-14H2,1-4H3. The maximum absolute atomic E-state index is 5.76. The fourth-order valence-electron chi connectivity index (χ4n) is 1.93. The Morgan fingerprint density at radius 1 is 1.05 bits per heavy atom. The molecule has 0 aromatic heterocycles. The van der Waals surface area contributed by atoms with Gasteiger partial charge in [-0.2, -0.15) is 0 Å². The lowest BCUT2D eigenvalue weighted by atomic mass is 9.82. The zero-order chi connectivity index (χ0) is 14.1. The van der Waals surface area contributed by atoms with Gasteiger partial charge in [-0.3, -0.25) is 0 Å². The lowest BCUT2D eigenvalue weighted by molar-refractivity contribution is 0.306. The van der Waals surface area contributed by atoms with Crippen LogP contribution in [0.1, 0.15) is 52.5 Å². The normalized spacial score (nSPS) is 11.6. The van der Waals surface area contributed by atoms with Crippen LogP contribution in [0.15, 0.2) is 24.3 Å². The summed E-state index contributed by atoms with van der Waals surface area (Å²) in [4.78, 5) is 0. The van der Waals surface area contributed by atoms with Gasteiger partial charge in [0.25, 0.3) is 0 Å². The summed E-state index contributed by atoms with van der Waals surface area (Å²) in [7, 11) is 0. The highest BCUT2D eigenvalue weighted by atomic mass is 16.5. The second-order valence-electron chi connectivity index (χ2n) is 5.67. The van der Waals surface area contributed by atoms with Crippen LogP contribution in [0.25, 0.3) is 0 Å². The van der Waals surface area contributed by atoms with E-state index >= 15 is 0 Å². The van der Waals surface area contributed by atoms with Crippen molar-refractivity contribution in [2.24, 2.45) is 0 Å². The first-order chi connectivity index (χ1) is 9.10. The molecule has 0 aliphatic heterocycles. The highest BCUT2D eigenvalue weighted by Crippen LogP contribution is 2.27. The van der Waals surface area contributed by atoms with E-state index in [1.165, 1.54) is 12.0 Å². The minimum Gasteiger partial charge on any atom is -0.494 e. The summed E-state index contributed by atoms with van der Waals surface area (Å²) in [5.41, 5.74) is 1.64. The molecule has 0 saturated heterocycles. The molecule has 1 aromatic carbocycles. The average Bonchev–Trinajstić information content (AvgIpc) is 2.43. The van der Waals surface area contributed by atoms with Crippen LogP contribution >= 0.6 is 0 Å². The van der Waals surface area contributed by atoms with Gasteiger partial charge < -0.3 is 10.1 Å². The minimum atomic E-state index is 0.254. The molecule has 2 nitrogen and oxygen atoms in total. The smallest absolute Gasteiger partial charge is 0.119 e. The molecule has 0 amide bonds. The summed E-state index contributed by atoms with van der Waals surface area (Å²) >= 11 is 0. The first-order valence-corrected chi connectivity index (χ1v) is 7.54. The zero-order valence-electron chi connectivity index (χ0n) is 13.0. The Morgan fingerprint density at radius 2 is 1.74 bits per heavy atom. The molecule has 0 aliphatic carbocycles. The van der Waals surface area contributed by atoms with E-state index in [2.05, 4.69) is 57.3 Å². The van der Waals surface area contributed by atoms with E-state index in [-0.39, 0.29) is 5.41 Å². The van der Waals surface area contributed by atoms with Crippen molar-refractivity contribution in [1.82, 2.24) is 5.32 Å². The number of unbranched alkanes of at least 4 members (excludes halogenated alkanes) is 1. The van der Waals surface area contributed by atoms with Gasteiger partial charge in [-0.05, 0) is 55.5 Å². The lowest BCUT2D eigenvalue weighted by Gasteiger charge is -2.23. The van der Waals surface area contributed by atoms with Gasteiger partial charge in [-0.25, -0.2) is 0 Å². The molecule has 0 spiro atoms. The van der Waals surface area contributed by atoms with Crippen LogP contribution in [0.2, 0.25) is 0 Å². The Kier molecular flexibility index (Phi) is 6.93. The van der Waals surface area contributed by atoms with Crippen LogP contribution in [-0.2, 0) is 5.41 Å². The highest BCUT2D eigenvalue weighted by molar-refractivity contribution is 5.31. The van der Waals surface area contributed by atoms with E-state index in [1.807, 2.05) is 0 Å². The summed E-state index contributed by atoms with van der Waals surface area (Å²) in [5.74, 6) is 0.985. The second-order valence-corrected chi connectivity index (χ2v) is 5.67. The van der Waals surface area contributed by atoms with Gasteiger partial charge in [-0.1, -0.05) is 39.8 Å². The molecule has 19 heavy (non-hydrogen) atoms. The number of hydrogen-bond donors (Lipinski definition) is 1. The van der Waals surface area contributed by atoms with Gasteiger partial charge in [0.15, 0.2) is 0 Å². The Morgan fingerprint density at radius 3 is 2.32 bits per heavy atom. The van der Waals surface area contributed by atoms with Crippen molar-refractivity contribution < 1.29 is 4.74 Å². The third kappa shape index (κ3) is 5.65. The molecule has 0 bridgehead atoms. The fourth-order valence-corrected chi connectivity index (χ4v) is 1.93. The summed E-state index contributed by atoms with van der Waals surface area (Å²) in [6.45, 7) is 11.9. The molecule has 108 valence electrons. The monoisotopic (exact) mass is 263 g/mol. The summed E-state index contributed by atoms with van der Waals surface area (Å²) in [6.07, 6.45) is 3.43. The van der Waals surface area contributed by atoms with E-state index in [0.717, 1.165) is 38.3 Å². The summed E-state index contributed by atoms with van der Waals surface area (Å²) in [5, 5.41) is 3.32. The third-order valence-corrected chi connectivity index (χ3v) is 3.79. The lowest BCUT2D eigenvalue weighted by Crippen LogP contribution is -2.15. The largest absolute Gasteiger partial charge is 0.494 e. The van der Waals surface area contributed by atoms with Crippen molar-refractivity contribution in [3.8, 4) is 5.75 Å². The maximum Gasteiger partial charge on any atom is 0.119 e. The summed E-state index contributed by atoms with van der Waals surface area (Å²) < 4.78 is 5.76. The minimum absolute atomic E-state index is 0.254. The number of ether oxygens (including phenoxy) is 1. The average molecular weight is 263 g/mol. The van der Waals surface area contributed by atoms with Crippen LogP contribution in [0.4, 0.5) is 0 Å².